The van der Waals surface area contributed by atoms with Crippen LogP contribution in [0.15, 0.2) is 30.7 Å². The number of aryl methyl sites for hydroxylation is 1. The molecule has 0 radical (unpaired) electrons. The fraction of sp³-hybridized carbons (Fsp3) is 0.231. The Hall–Kier alpha value is -2.17. The minimum Gasteiger partial charge on any atom is -0.494 e. The number of benzene rings is 1. The van der Waals surface area contributed by atoms with Crippen LogP contribution in [0.3, 0.4) is 0 Å². The standard InChI is InChI=1S/C13H13FN2O2/c1-16-7-10(15-8-16)11(17)6-9-4-3-5-12(18-2)13(9)14/h3-5,7-8H,6H2,1-2H3. The number of imidazole rings is 1. The topological polar surface area (TPSA) is 44.1 Å². The van der Waals surface area contributed by atoms with Crippen molar-refractivity contribution in [1.82, 2.24) is 9.55 Å². The van der Waals surface area contributed by atoms with Gasteiger partial charge in [0.05, 0.1) is 13.4 Å². The monoisotopic (exact) mass is 248 g/mol. The van der Waals surface area contributed by atoms with Crippen LogP contribution < -0.4 is 4.74 Å². The normalized spacial score (nSPS) is 10.4. The van der Waals surface area contributed by atoms with E-state index in [1.165, 1.54) is 19.5 Å². The summed E-state index contributed by atoms with van der Waals surface area (Å²) in [5.41, 5.74) is 0.643. The van der Waals surface area contributed by atoms with E-state index < -0.39 is 5.82 Å². The van der Waals surface area contributed by atoms with E-state index in [1.54, 1.807) is 29.9 Å². The summed E-state index contributed by atoms with van der Waals surface area (Å²) >= 11 is 0. The SMILES string of the molecule is COc1cccc(CC(=O)c2cn(C)cn2)c1F. The zero-order valence-corrected chi connectivity index (χ0v) is 10.2. The highest BCUT2D eigenvalue weighted by Crippen LogP contribution is 2.21. The summed E-state index contributed by atoms with van der Waals surface area (Å²) in [5.74, 6) is -0.576. The van der Waals surface area contributed by atoms with Gasteiger partial charge in [-0.3, -0.25) is 4.79 Å². The number of methoxy groups -OCH3 is 1. The summed E-state index contributed by atoms with van der Waals surface area (Å²) in [6.45, 7) is 0. The molecule has 0 aliphatic heterocycles. The number of ketones is 1. The molecule has 0 fully saturated rings. The van der Waals surface area contributed by atoms with Crippen LogP contribution in [-0.2, 0) is 13.5 Å². The lowest BCUT2D eigenvalue weighted by molar-refractivity contribution is 0.0987. The minimum atomic E-state index is -0.496. The number of carbonyl (C=O) groups is 1. The van der Waals surface area contributed by atoms with Gasteiger partial charge < -0.3 is 9.30 Å². The van der Waals surface area contributed by atoms with Crippen molar-refractivity contribution in [2.75, 3.05) is 7.11 Å². The molecule has 18 heavy (non-hydrogen) atoms. The van der Waals surface area contributed by atoms with Crippen LogP contribution in [-0.4, -0.2) is 22.4 Å². The van der Waals surface area contributed by atoms with E-state index in [2.05, 4.69) is 4.98 Å². The highest BCUT2D eigenvalue weighted by molar-refractivity contribution is 5.95. The summed E-state index contributed by atoms with van der Waals surface area (Å²) in [6.07, 6.45) is 3.12. The van der Waals surface area contributed by atoms with Crippen molar-refractivity contribution >= 4 is 5.78 Å². The second-order valence-electron chi connectivity index (χ2n) is 3.96. The van der Waals surface area contributed by atoms with Crippen molar-refractivity contribution in [3.05, 3.63) is 47.8 Å². The fourth-order valence-corrected chi connectivity index (χ4v) is 1.67. The number of hydrogen-bond acceptors (Lipinski definition) is 3. The van der Waals surface area contributed by atoms with Crippen LogP contribution in [0.5, 0.6) is 5.75 Å². The number of rotatable bonds is 4. The molecule has 4 nitrogen and oxygen atoms in total. The molecule has 94 valence electrons. The molecule has 0 bridgehead atoms. The van der Waals surface area contributed by atoms with Gasteiger partial charge >= 0.3 is 0 Å². The van der Waals surface area contributed by atoms with E-state index in [9.17, 15) is 9.18 Å². The van der Waals surface area contributed by atoms with Crippen molar-refractivity contribution in [2.45, 2.75) is 6.42 Å². The third-order valence-corrected chi connectivity index (χ3v) is 2.60. The van der Waals surface area contributed by atoms with Crippen LogP contribution in [0.1, 0.15) is 16.1 Å². The summed E-state index contributed by atoms with van der Waals surface area (Å²) in [4.78, 5) is 15.8. The Morgan fingerprint density at radius 3 is 2.89 bits per heavy atom. The van der Waals surface area contributed by atoms with Crippen molar-refractivity contribution in [1.29, 1.82) is 0 Å². The Bertz CT molecular complexity index is 578. The molecule has 2 rings (SSSR count). The van der Waals surface area contributed by atoms with Gasteiger partial charge in [0.2, 0.25) is 0 Å². The van der Waals surface area contributed by atoms with E-state index in [0.717, 1.165) is 0 Å². The Morgan fingerprint density at radius 2 is 2.28 bits per heavy atom. The van der Waals surface area contributed by atoms with Crippen LogP contribution in [0.2, 0.25) is 0 Å². The lowest BCUT2D eigenvalue weighted by atomic mass is 10.1. The van der Waals surface area contributed by atoms with E-state index >= 15 is 0 Å². The molecule has 0 aliphatic rings. The van der Waals surface area contributed by atoms with Crippen molar-refractivity contribution in [3.63, 3.8) is 0 Å². The lowest BCUT2D eigenvalue weighted by Gasteiger charge is -2.05. The van der Waals surface area contributed by atoms with E-state index in [0.29, 0.717) is 11.3 Å². The predicted molar refractivity (Wildman–Crippen MR) is 64.2 cm³/mol. The molecule has 1 aromatic carbocycles. The predicted octanol–water partition coefficient (Wildman–Crippen LogP) is 1.99. The van der Waals surface area contributed by atoms with Gasteiger partial charge in [-0.25, -0.2) is 9.37 Å². The molecular weight excluding hydrogens is 235 g/mol. The van der Waals surface area contributed by atoms with Gasteiger partial charge in [0, 0.05) is 19.7 Å². The largest absolute Gasteiger partial charge is 0.494 e. The third-order valence-electron chi connectivity index (χ3n) is 2.60. The van der Waals surface area contributed by atoms with Crippen LogP contribution in [0, 0.1) is 5.82 Å². The van der Waals surface area contributed by atoms with E-state index in [-0.39, 0.29) is 18.0 Å². The number of halogens is 1. The zero-order chi connectivity index (χ0) is 13.1. The summed E-state index contributed by atoms with van der Waals surface area (Å²) in [6, 6.07) is 4.74. The first-order valence-corrected chi connectivity index (χ1v) is 5.44. The Morgan fingerprint density at radius 1 is 1.50 bits per heavy atom. The van der Waals surface area contributed by atoms with E-state index in [4.69, 9.17) is 4.74 Å². The number of Topliss-reactive ketones (excluding diaryl/α,β-unsaturated/α-hetero) is 1. The first-order chi connectivity index (χ1) is 8.61. The maximum Gasteiger partial charge on any atom is 0.187 e. The molecule has 2 aromatic rings. The second-order valence-corrected chi connectivity index (χ2v) is 3.96. The van der Waals surface area contributed by atoms with Crippen molar-refractivity contribution in [3.8, 4) is 5.75 Å². The molecule has 1 aromatic heterocycles. The quantitative estimate of drug-likeness (QED) is 0.777. The average Bonchev–Trinajstić information content (AvgIpc) is 2.78. The van der Waals surface area contributed by atoms with Crippen LogP contribution in [0.4, 0.5) is 4.39 Å². The first-order valence-electron chi connectivity index (χ1n) is 5.44. The van der Waals surface area contributed by atoms with Gasteiger partial charge in [-0.05, 0) is 11.6 Å². The van der Waals surface area contributed by atoms with Gasteiger partial charge in [-0.1, -0.05) is 12.1 Å². The third kappa shape index (κ3) is 2.40. The maximum absolute atomic E-state index is 13.9. The number of hydrogen-bond donors (Lipinski definition) is 0. The number of ether oxygens (including phenoxy) is 1. The summed E-state index contributed by atoms with van der Waals surface area (Å²) in [7, 11) is 3.17. The van der Waals surface area contributed by atoms with Gasteiger partial charge in [0.1, 0.15) is 5.69 Å². The maximum atomic E-state index is 13.9. The first kappa shape index (κ1) is 12.3. The molecule has 1 heterocycles. The molecular formula is C13H13FN2O2. The van der Waals surface area contributed by atoms with Gasteiger partial charge in [0.15, 0.2) is 17.3 Å². The molecule has 0 aliphatic carbocycles. The fourth-order valence-electron chi connectivity index (χ4n) is 1.67. The van der Waals surface area contributed by atoms with Gasteiger partial charge in [0.25, 0.3) is 0 Å². The molecule has 0 unspecified atom stereocenters. The number of nitrogens with zero attached hydrogens (tertiary/aromatic N) is 2. The van der Waals surface area contributed by atoms with Crippen LogP contribution in [0.25, 0.3) is 0 Å². The molecule has 0 amide bonds. The molecule has 0 atom stereocenters. The summed E-state index contributed by atoms with van der Waals surface area (Å²) in [5, 5.41) is 0. The van der Waals surface area contributed by atoms with Crippen molar-refractivity contribution < 1.29 is 13.9 Å². The zero-order valence-electron chi connectivity index (χ0n) is 10.2. The Balaban J connectivity index is 2.22. The molecule has 0 saturated carbocycles. The molecule has 0 N–H and O–H groups in total. The van der Waals surface area contributed by atoms with Gasteiger partial charge in [-0.15, -0.1) is 0 Å². The number of carbonyl (C=O) groups excluding carboxylic acids is 1. The highest BCUT2D eigenvalue weighted by Gasteiger charge is 2.15. The number of aromatic nitrogens is 2. The Kier molecular flexibility index (Phi) is 3.41. The minimum absolute atomic E-state index is 0.0277. The van der Waals surface area contributed by atoms with Crippen molar-refractivity contribution in [2.24, 2.45) is 7.05 Å². The lowest BCUT2D eigenvalue weighted by Crippen LogP contribution is -2.06. The average molecular weight is 248 g/mol. The molecule has 5 heteroatoms. The smallest absolute Gasteiger partial charge is 0.187 e. The Labute approximate surface area is 104 Å². The second kappa shape index (κ2) is 5.00. The summed E-state index contributed by atoms with van der Waals surface area (Å²) < 4.78 is 20.4. The molecule has 0 saturated heterocycles. The highest BCUT2D eigenvalue weighted by atomic mass is 19.1. The van der Waals surface area contributed by atoms with Gasteiger partial charge in [-0.2, -0.15) is 0 Å². The van der Waals surface area contributed by atoms with E-state index in [1.807, 2.05) is 0 Å². The van der Waals surface area contributed by atoms with Crippen LogP contribution >= 0.6 is 0 Å². The molecule has 0 spiro atoms.